The van der Waals surface area contributed by atoms with Gasteiger partial charge in [0.05, 0.1) is 9.83 Å². The number of para-hydroxylation sites is 1. The first kappa shape index (κ1) is 22.5. The van der Waals surface area contributed by atoms with E-state index in [1.165, 1.54) is 23.1 Å². The molecule has 3 rings (SSSR count). The summed E-state index contributed by atoms with van der Waals surface area (Å²) in [5.41, 5.74) is 1.33. The van der Waals surface area contributed by atoms with Crippen LogP contribution in [-0.2, 0) is 4.79 Å². The summed E-state index contributed by atoms with van der Waals surface area (Å²) in [5.74, 6) is 0.907. The van der Waals surface area contributed by atoms with Crippen LogP contribution >= 0.6 is 24.0 Å². The number of nitro benzene ring substituents is 1. The third-order valence-electron chi connectivity index (χ3n) is 4.37. The molecule has 7 nitrogen and oxygen atoms in total. The maximum Gasteiger partial charge on any atom is 0.270 e. The van der Waals surface area contributed by atoms with E-state index in [-0.39, 0.29) is 18.2 Å². The summed E-state index contributed by atoms with van der Waals surface area (Å²) in [6.45, 7) is 6.40. The summed E-state index contributed by atoms with van der Waals surface area (Å²) < 4.78 is 11.9. The highest BCUT2D eigenvalue weighted by Crippen LogP contribution is 2.35. The van der Waals surface area contributed by atoms with Crippen molar-refractivity contribution in [3.8, 4) is 11.5 Å². The number of rotatable bonds is 9. The number of thioether (sulfide) groups is 1. The Morgan fingerprint density at radius 2 is 1.90 bits per heavy atom. The lowest BCUT2D eigenvalue weighted by Gasteiger charge is -2.12. The monoisotopic (exact) mass is 456 g/mol. The van der Waals surface area contributed by atoms with E-state index in [1.807, 2.05) is 31.2 Å². The van der Waals surface area contributed by atoms with Crippen LogP contribution < -0.4 is 9.47 Å². The predicted molar refractivity (Wildman–Crippen MR) is 125 cm³/mol. The summed E-state index contributed by atoms with van der Waals surface area (Å²) in [6, 6.07) is 11.9. The summed E-state index contributed by atoms with van der Waals surface area (Å²) >= 11 is 6.38. The van der Waals surface area contributed by atoms with Gasteiger partial charge in [-0.3, -0.25) is 19.8 Å². The van der Waals surface area contributed by atoms with Gasteiger partial charge in [0.15, 0.2) is 0 Å². The average molecular weight is 457 g/mol. The van der Waals surface area contributed by atoms with E-state index < -0.39 is 4.92 Å². The lowest BCUT2D eigenvalue weighted by atomic mass is 10.1. The highest BCUT2D eigenvalue weighted by molar-refractivity contribution is 8.26. The van der Waals surface area contributed by atoms with Gasteiger partial charge in [0, 0.05) is 24.2 Å². The van der Waals surface area contributed by atoms with Gasteiger partial charge in [-0.15, -0.1) is 6.58 Å². The number of aryl methyl sites for hydroxylation is 1. The zero-order chi connectivity index (χ0) is 22.4. The molecule has 31 heavy (non-hydrogen) atoms. The van der Waals surface area contributed by atoms with E-state index in [0.29, 0.717) is 33.7 Å². The first-order valence-electron chi connectivity index (χ1n) is 9.36. The van der Waals surface area contributed by atoms with E-state index in [0.717, 1.165) is 23.1 Å². The first-order valence-corrected chi connectivity index (χ1v) is 10.6. The molecule has 0 aliphatic carbocycles. The number of ether oxygens (including phenoxy) is 2. The lowest BCUT2D eigenvalue weighted by Crippen LogP contribution is -2.27. The summed E-state index contributed by atoms with van der Waals surface area (Å²) in [7, 11) is 0. The summed E-state index contributed by atoms with van der Waals surface area (Å²) in [5, 5.41) is 11.2. The molecule has 0 spiro atoms. The summed E-state index contributed by atoms with van der Waals surface area (Å²) in [6.07, 6.45) is 3.15. The molecule has 0 unspecified atom stereocenters. The van der Waals surface area contributed by atoms with Crippen molar-refractivity contribution >= 4 is 46.0 Å². The molecular weight excluding hydrogens is 436 g/mol. The fraction of sp³-hybridized carbons (Fsp3) is 0.182. The molecule has 1 fully saturated rings. The quantitative estimate of drug-likeness (QED) is 0.134. The van der Waals surface area contributed by atoms with Crippen LogP contribution in [0.2, 0.25) is 0 Å². The Morgan fingerprint density at radius 1 is 1.19 bits per heavy atom. The number of hydrogen-bond donors (Lipinski definition) is 0. The second-order valence-corrected chi connectivity index (χ2v) is 8.20. The van der Waals surface area contributed by atoms with Crippen molar-refractivity contribution < 1.29 is 19.2 Å². The number of nitrogens with zero attached hydrogens (tertiary/aromatic N) is 2. The van der Waals surface area contributed by atoms with Crippen LogP contribution in [-0.4, -0.2) is 39.8 Å². The molecular formula is C22H20N2O5S2. The van der Waals surface area contributed by atoms with E-state index in [4.69, 9.17) is 21.7 Å². The van der Waals surface area contributed by atoms with Crippen LogP contribution in [0.3, 0.4) is 0 Å². The van der Waals surface area contributed by atoms with Gasteiger partial charge in [-0.2, -0.15) is 0 Å². The van der Waals surface area contributed by atoms with E-state index in [9.17, 15) is 14.9 Å². The number of benzene rings is 2. The van der Waals surface area contributed by atoms with Gasteiger partial charge < -0.3 is 9.47 Å². The topological polar surface area (TPSA) is 81.9 Å². The molecule has 1 aliphatic heterocycles. The van der Waals surface area contributed by atoms with Gasteiger partial charge in [-0.25, -0.2) is 0 Å². The smallest absolute Gasteiger partial charge is 0.270 e. The zero-order valence-electron chi connectivity index (χ0n) is 16.8. The third kappa shape index (κ3) is 5.50. The lowest BCUT2D eigenvalue weighted by molar-refractivity contribution is -0.384. The van der Waals surface area contributed by atoms with Gasteiger partial charge in [0.1, 0.15) is 29.0 Å². The van der Waals surface area contributed by atoms with Crippen molar-refractivity contribution in [1.29, 1.82) is 0 Å². The molecule has 0 radical (unpaired) electrons. The fourth-order valence-corrected chi connectivity index (χ4v) is 4.11. The average Bonchev–Trinajstić information content (AvgIpc) is 3.00. The molecule has 2 aromatic rings. The molecule has 1 heterocycles. The van der Waals surface area contributed by atoms with Crippen LogP contribution in [0, 0.1) is 17.0 Å². The normalized spacial score (nSPS) is 14.7. The van der Waals surface area contributed by atoms with Crippen molar-refractivity contribution in [2.24, 2.45) is 0 Å². The van der Waals surface area contributed by atoms with Gasteiger partial charge in [0.25, 0.3) is 11.6 Å². The van der Waals surface area contributed by atoms with Crippen molar-refractivity contribution in [2.75, 3.05) is 19.8 Å². The number of nitro groups is 1. The molecule has 0 saturated carbocycles. The molecule has 0 bridgehead atoms. The highest BCUT2D eigenvalue weighted by atomic mass is 32.2. The number of carbonyl (C=O) groups is 1. The van der Waals surface area contributed by atoms with Gasteiger partial charge in [0.2, 0.25) is 0 Å². The maximum atomic E-state index is 12.6. The maximum absolute atomic E-state index is 12.6. The largest absolute Gasteiger partial charge is 0.490 e. The zero-order valence-corrected chi connectivity index (χ0v) is 18.4. The minimum Gasteiger partial charge on any atom is -0.490 e. The van der Waals surface area contributed by atoms with Crippen LogP contribution in [0.5, 0.6) is 11.5 Å². The SMILES string of the molecule is C=CCN1C(=O)C(=Cc2cc([N+](=O)[O-])ccc2OCCOc2ccccc2C)SC1=S. The van der Waals surface area contributed by atoms with Gasteiger partial charge in [-0.1, -0.05) is 48.3 Å². The Labute approximate surface area is 189 Å². The third-order valence-corrected chi connectivity index (χ3v) is 5.75. The molecule has 1 amide bonds. The van der Waals surface area contributed by atoms with Crippen LogP contribution in [0.4, 0.5) is 5.69 Å². The molecule has 0 aromatic heterocycles. The number of non-ortho nitro benzene ring substituents is 1. The molecule has 9 heteroatoms. The Bertz CT molecular complexity index is 1070. The molecule has 2 aromatic carbocycles. The first-order chi connectivity index (χ1) is 14.9. The van der Waals surface area contributed by atoms with Crippen LogP contribution in [0.25, 0.3) is 6.08 Å². The second kappa shape index (κ2) is 10.2. The Morgan fingerprint density at radius 3 is 2.58 bits per heavy atom. The van der Waals surface area contributed by atoms with E-state index in [2.05, 4.69) is 6.58 Å². The number of amides is 1. The Balaban J connectivity index is 1.77. The Kier molecular flexibility index (Phi) is 7.43. The highest BCUT2D eigenvalue weighted by Gasteiger charge is 2.31. The minimum absolute atomic E-state index is 0.101. The second-order valence-electron chi connectivity index (χ2n) is 6.52. The van der Waals surface area contributed by atoms with E-state index >= 15 is 0 Å². The number of hydrogen-bond acceptors (Lipinski definition) is 7. The number of carbonyl (C=O) groups excluding carboxylic acids is 1. The van der Waals surface area contributed by atoms with E-state index in [1.54, 1.807) is 12.2 Å². The van der Waals surface area contributed by atoms with Gasteiger partial charge >= 0.3 is 0 Å². The number of thiocarbonyl (C=S) groups is 1. The molecule has 160 valence electrons. The van der Waals surface area contributed by atoms with Crippen LogP contribution in [0.15, 0.2) is 60.0 Å². The minimum atomic E-state index is -0.495. The van der Waals surface area contributed by atoms with Crippen molar-refractivity contribution in [1.82, 2.24) is 4.90 Å². The van der Waals surface area contributed by atoms with Crippen molar-refractivity contribution in [3.05, 3.63) is 81.3 Å². The fourth-order valence-electron chi connectivity index (χ4n) is 2.84. The summed E-state index contributed by atoms with van der Waals surface area (Å²) in [4.78, 5) is 25.1. The molecule has 1 aliphatic rings. The molecule has 0 N–H and O–H groups in total. The van der Waals surface area contributed by atoms with Crippen LogP contribution in [0.1, 0.15) is 11.1 Å². The van der Waals surface area contributed by atoms with Crippen molar-refractivity contribution in [2.45, 2.75) is 6.92 Å². The standard InChI is InChI=1S/C22H20N2O5S2/c1-3-10-23-21(25)20(31-22(23)30)14-16-13-17(24(26)27)8-9-19(16)29-12-11-28-18-7-5-4-6-15(18)2/h3-9,13-14H,1,10-12H2,2H3. The molecule has 1 saturated heterocycles. The Hall–Kier alpha value is -3.17. The molecule has 0 atom stereocenters. The predicted octanol–water partition coefficient (Wildman–Crippen LogP) is 4.75. The van der Waals surface area contributed by atoms with Gasteiger partial charge in [-0.05, 0) is 30.7 Å². The van der Waals surface area contributed by atoms with Crippen molar-refractivity contribution in [3.63, 3.8) is 0 Å².